The van der Waals surface area contributed by atoms with Crippen LogP contribution in [-0.2, 0) is 17.9 Å². The fraction of sp³-hybridized carbons (Fsp3) is 0.429. The van der Waals surface area contributed by atoms with Crippen LogP contribution in [0, 0.1) is 0 Å². The third-order valence-corrected chi connectivity index (χ3v) is 5.11. The van der Waals surface area contributed by atoms with Crippen LogP contribution >= 0.6 is 39.1 Å². The Morgan fingerprint density at radius 2 is 1.86 bits per heavy atom. The molecule has 0 radical (unpaired) electrons. The lowest BCUT2D eigenvalue weighted by molar-refractivity contribution is 0.144. The van der Waals surface area contributed by atoms with Gasteiger partial charge in [0.25, 0.3) is 0 Å². The van der Waals surface area contributed by atoms with Crippen molar-refractivity contribution in [3.05, 3.63) is 56.0 Å². The van der Waals surface area contributed by atoms with Crippen LogP contribution in [0.5, 0.6) is 11.5 Å². The zero-order valence-corrected chi connectivity index (χ0v) is 19.3. The summed E-state index contributed by atoms with van der Waals surface area (Å²) < 4.78 is 18.0. The first-order chi connectivity index (χ1) is 13.5. The summed E-state index contributed by atoms with van der Waals surface area (Å²) in [4.78, 5) is 0. The Balaban J connectivity index is 2.02. The Labute approximate surface area is 185 Å². The molecule has 0 bridgehead atoms. The van der Waals surface area contributed by atoms with Gasteiger partial charge >= 0.3 is 0 Å². The second kappa shape index (κ2) is 12.6. The summed E-state index contributed by atoms with van der Waals surface area (Å²) in [5.74, 6) is 1.36. The first-order valence-electron chi connectivity index (χ1n) is 9.35. The molecule has 0 aromatic heterocycles. The molecule has 0 saturated heterocycles. The molecule has 2 aromatic carbocycles. The molecule has 7 heteroatoms. The fourth-order valence-corrected chi connectivity index (χ4v) is 3.66. The molecule has 0 spiro atoms. The summed E-state index contributed by atoms with van der Waals surface area (Å²) in [7, 11) is 0. The van der Waals surface area contributed by atoms with E-state index >= 15 is 0 Å². The van der Waals surface area contributed by atoms with Crippen LogP contribution in [-0.4, -0.2) is 26.4 Å². The quantitative estimate of drug-likeness (QED) is 0.357. The molecule has 0 fully saturated rings. The van der Waals surface area contributed by atoms with Crippen molar-refractivity contribution in [3.8, 4) is 11.5 Å². The topological polar surface area (TPSA) is 39.7 Å². The summed E-state index contributed by atoms with van der Waals surface area (Å²) in [6, 6.07) is 9.41. The smallest absolute Gasteiger partial charge is 0.175 e. The van der Waals surface area contributed by atoms with Gasteiger partial charge in [-0.3, -0.25) is 0 Å². The summed E-state index contributed by atoms with van der Waals surface area (Å²) in [6.45, 7) is 8.00. The summed E-state index contributed by atoms with van der Waals surface area (Å²) in [6.07, 6.45) is 0.983. The van der Waals surface area contributed by atoms with E-state index in [1.165, 1.54) is 0 Å². The van der Waals surface area contributed by atoms with Gasteiger partial charge in [-0.2, -0.15) is 0 Å². The SMILES string of the molecule is CCOCCCNCc1cc(Br)c(OCc2ccc(Cl)cc2Cl)c(OCC)c1. The van der Waals surface area contributed by atoms with E-state index in [4.69, 9.17) is 37.4 Å². The molecular formula is C21H26BrCl2NO3. The molecule has 0 atom stereocenters. The molecule has 0 heterocycles. The van der Waals surface area contributed by atoms with Gasteiger partial charge in [-0.25, -0.2) is 0 Å². The minimum Gasteiger partial charge on any atom is -0.490 e. The summed E-state index contributed by atoms with van der Waals surface area (Å²) in [5.41, 5.74) is 1.98. The molecule has 28 heavy (non-hydrogen) atoms. The molecule has 2 rings (SSSR count). The van der Waals surface area contributed by atoms with Crippen LogP contribution in [0.25, 0.3) is 0 Å². The highest BCUT2D eigenvalue weighted by Gasteiger charge is 2.13. The van der Waals surface area contributed by atoms with Gasteiger partial charge in [0.2, 0.25) is 0 Å². The third kappa shape index (κ3) is 7.45. The number of rotatable bonds is 12. The highest BCUT2D eigenvalue weighted by molar-refractivity contribution is 9.10. The number of benzene rings is 2. The van der Waals surface area contributed by atoms with E-state index in [9.17, 15) is 0 Å². The maximum absolute atomic E-state index is 6.24. The highest BCUT2D eigenvalue weighted by Crippen LogP contribution is 2.38. The van der Waals surface area contributed by atoms with E-state index in [1.54, 1.807) is 12.1 Å². The van der Waals surface area contributed by atoms with Crippen molar-refractivity contribution in [2.45, 2.75) is 33.4 Å². The van der Waals surface area contributed by atoms with Gasteiger partial charge < -0.3 is 19.5 Å². The van der Waals surface area contributed by atoms with Gasteiger partial charge in [-0.05, 0) is 72.6 Å². The zero-order chi connectivity index (χ0) is 20.4. The Morgan fingerprint density at radius 3 is 2.57 bits per heavy atom. The largest absolute Gasteiger partial charge is 0.490 e. The van der Waals surface area contributed by atoms with Gasteiger partial charge in [0.15, 0.2) is 11.5 Å². The number of hydrogen-bond acceptors (Lipinski definition) is 4. The molecule has 2 aromatic rings. The molecule has 0 aliphatic carbocycles. The Kier molecular flexibility index (Phi) is 10.4. The lowest BCUT2D eigenvalue weighted by Crippen LogP contribution is -2.16. The molecule has 0 saturated carbocycles. The van der Waals surface area contributed by atoms with Crippen molar-refractivity contribution in [3.63, 3.8) is 0 Å². The van der Waals surface area contributed by atoms with Crippen LogP contribution in [0.3, 0.4) is 0 Å². The maximum atomic E-state index is 6.24. The second-order valence-electron chi connectivity index (χ2n) is 6.09. The van der Waals surface area contributed by atoms with E-state index in [0.717, 1.165) is 48.3 Å². The van der Waals surface area contributed by atoms with Crippen LogP contribution in [0.15, 0.2) is 34.8 Å². The lowest BCUT2D eigenvalue weighted by Gasteiger charge is -2.16. The first kappa shape index (κ1) is 23.3. The maximum Gasteiger partial charge on any atom is 0.175 e. The molecule has 4 nitrogen and oxygen atoms in total. The van der Waals surface area contributed by atoms with Crippen LogP contribution in [0.4, 0.5) is 0 Å². The molecule has 0 amide bonds. The molecule has 0 unspecified atom stereocenters. The monoisotopic (exact) mass is 489 g/mol. The third-order valence-electron chi connectivity index (χ3n) is 3.93. The van der Waals surface area contributed by atoms with E-state index in [2.05, 4.69) is 21.2 Å². The predicted molar refractivity (Wildman–Crippen MR) is 119 cm³/mol. The Hall–Kier alpha value is -0.980. The molecule has 0 aliphatic rings. The van der Waals surface area contributed by atoms with E-state index < -0.39 is 0 Å². The second-order valence-corrected chi connectivity index (χ2v) is 7.79. The highest BCUT2D eigenvalue weighted by atomic mass is 79.9. The minimum absolute atomic E-state index is 0.323. The van der Waals surface area contributed by atoms with E-state index in [1.807, 2.05) is 32.0 Å². The summed E-state index contributed by atoms with van der Waals surface area (Å²) in [5, 5.41) is 4.60. The number of ether oxygens (including phenoxy) is 3. The first-order valence-corrected chi connectivity index (χ1v) is 10.9. The zero-order valence-electron chi connectivity index (χ0n) is 16.2. The van der Waals surface area contributed by atoms with Crippen LogP contribution < -0.4 is 14.8 Å². The molecule has 1 N–H and O–H groups in total. The standard InChI is InChI=1S/C21H26BrCl2NO3/c1-3-26-9-5-8-25-13-15-10-18(22)21(20(11-15)27-4-2)28-14-16-6-7-17(23)12-19(16)24/h6-7,10-12,25H,3-5,8-9,13-14H2,1-2H3. The van der Waals surface area contributed by atoms with Crippen molar-refractivity contribution in [2.24, 2.45) is 0 Å². The number of nitrogens with one attached hydrogen (secondary N) is 1. The van der Waals surface area contributed by atoms with Gasteiger partial charge in [-0.1, -0.05) is 29.3 Å². The van der Waals surface area contributed by atoms with Crippen LogP contribution in [0.1, 0.15) is 31.4 Å². The van der Waals surface area contributed by atoms with E-state index in [-0.39, 0.29) is 0 Å². The lowest BCUT2D eigenvalue weighted by atomic mass is 10.2. The predicted octanol–water partition coefficient (Wildman–Crippen LogP) is 6.25. The van der Waals surface area contributed by atoms with Crippen molar-refractivity contribution in [2.75, 3.05) is 26.4 Å². The minimum atomic E-state index is 0.323. The van der Waals surface area contributed by atoms with E-state index in [0.29, 0.717) is 34.8 Å². The Bertz CT molecular complexity index is 759. The fourth-order valence-electron chi connectivity index (χ4n) is 2.59. The molecular weight excluding hydrogens is 465 g/mol. The average molecular weight is 491 g/mol. The van der Waals surface area contributed by atoms with Crippen molar-refractivity contribution in [1.82, 2.24) is 5.32 Å². The van der Waals surface area contributed by atoms with Gasteiger partial charge in [0.1, 0.15) is 6.61 Å². The molecule has 154 valence electrons. The van der Waals surface area contributed by atoms with Crippen molar-refractivity contribution in [1.29, 1.82) is 0 Å². The van der Waals surface area contributed by atoms with Gasteiger partial charge in [-0.15, -0.1) is 0 Å². The van der Waals surface area contributed by atoms with Crippen molar-refractivity contribution < 1.29 is 14.2 Å². The number of halogens is 3. The van der Waals surface area contributed by atoms with Gasteiger partial charge in [0.05, 0.1) is 11.1 Å². The van der Waals surface area contributed by atoms with Crippen molar-refractivity contribution >= 4 is 39.1 Å². The van der Waals surface area contributed by atoms with Gasteiger partial charge in [0, 0.05) is 35.4 Å². The number of hydrogen-bond donors (Lipinski definition) is 1. The van der Waals surface area contributed by atoms with Crippen LogP contribution in [0.2, 0.25) is 10.0 Å². The average Bonchev–Trinajstić information content (AvgIpc) is 2.65. The Morgan fingerprint density at radius 1 is 1.04 bits per heavy atom. The normalized spacial score (nSPS) is 10.9. The summed E-state index contributed by atoms with van der Waals surface area (Å²) >= 11 is 15.8. The molecule has 0 aliphatic heterocycles.